The summed E-state index contributed by atoms with van der Waals surface area (Å²) >= 11 is 0. The summed E-state index contributed by atoms with van der Waals surface area (Å²) in [6.45, 7) is 12.5. The first-order valence-corrected chi connectivity index (χ1v) is 7.66. The lowest BCUT2D eigenvalue weighted by Gasteiger charge is -2.33. The first-order valence-electron chi connectivity index (χ1n) is 7.66. The van der Waals surface area contributed by atoms with Crippen LogP contribution in [-0.2, 0) is 4.74 Å². The van der Waals surface area contributed by atoms with Crippen molar-refractivity contribution in [1.29, 1.82) is 0 Å². The van der Waals surface area contributed by atoms with Crippen LogP contribution in [0.2, 0.25) is 0 Å². The lowest BCUT2D eigenvalue weighted by atomic mass is 9.92. The molecule has 1 N–H and O–H groups in total. The van der Waals surface area contributed by atoms with E-state index >= 15 is 0 Å². The zero-order chi connectivity index (χ0) is 13.0. The molecule has 0 spiro atoms. The molecule has 0 amide bonds. The van der Waals surface area contributed by atoms with Gasteiger partial charge in [0.05, 0.1) is 6.10 Å². The molecular weight excluding hydrogens is 224 g/mol. The Balaban J connectivity index is 1.71. The van der Waals surface area contributed by atoms with Crippen LogP contribution in [0.15, 0.2) is 0 Å². The topological polar surface area (TPSA) is 24.5 Å². The summed E-state index contributed by atoms with van der Waals surface area (Å²) in [7, 11) is 0. The van der Waals surface area contributed by atoms with Gasteiger partial charge in [-0.05, 0) is 37.6 Å². The minimum atomic E-state index is 0.358. The van der Waals surface area contributed by atoms with Crippen molar-refractivity contribution in [2.24, 2.45) is 5.41 Å². The van der Waals surface area contributed by atoms with Gasteiger partial charge in [-0.15, -0.1) is 0 Å². The highest BCUT2D eigenvalue weighted by Gasteiger charge is 2.27. The van der Waals surface area contributed by atoms with Crippen LogP contribution in [0, 0.1) is 5.41 Å². The Hall–Kier alpha value is -0.120. The third kappa shape index (κ3) is 4.87. The molecule has 3 nitrogen and oxygen atoms in total. The molecule has 1 atom stereocenters. The van der Waals surface area contributed by atoms with Crippen LogP contribution in [-0.4, -0.2) is 49.8 Å². The third-order valence-corrected chi connectivity index (χ3v) is 4.03. The molecule has 0 aromatic rings. The highest BCUT2D eigenvalue weighted by molar-refractivity contribution is 4.85. The smallest absolute Gasteiger partial charge is 0.0702 e. The molecule has 1 heterocycles. The van der Waals surface area contributed by atoms with Crippen LogP contribution in [0.1, 0.15) is 46.5 Å². The first kappa shape index (κ1) is 14.3. The number of nitrogens with one attached hydrogen (secondary N) is 1. The highest BCUT2D eigenvalue weighted by atomic mass is 16.5. The first-order chi connectivity index (χ1) is 8.59. The van der Waals surface area contributed by atoms with Gasteiger partial charge in [0.25, 0.3) is 0 Å². The number of likely N-dealkylation sites (N-methyl/N-ethyl adjacent to an activating group) is 1. The predicted molar refractivity (Wildman–Crippen MR) is 75.9 cm³/mol. The average molecular weight is 254 g/mol. The number of hydrogen-bond acceptors (Lipinski definition) is 3. The van der Waals surface area contributed by atoms with Gasteiger partial charge in [-0.2, -0.15) is 0 Å². The summed E-state index contributed by atoms with van der Waals surface area (Å²) in [6.07, 6.45) is 5.73. The summed E-state index contributed by atoms with van der Waals surface area (Å²) < 4.78 is 5.75. The van der Waals surface area contributed by atoms with Crippen LogP contribution in [0.4, 0.5) is 0 Å². The summed E-state index contributed by atoms with van der Waals surface area (Å²) in [5.74, 6) is 0. The van der Waals surface area contributed by atoms with Crippen LogP contribution in [0.5, 0.6) is 0 Å². The van der Waals surface area contributed by atoms with Crippen molar-refractivity contribution in [2.75, 3.05) is 32.8 Å². The van der Waals surface area contributed by atoms with Gasteiger partial charge < -0.3 is 15.0 Å². The minimum Gasteiger partial charge on any atom is -0.377 e. The summed E-state index contributed by atoms with van der Waals surface area (Å²) in [4.78, 5) is 2.56. The van der Waals surface area contributed by atoms with E-state index < -0.39 is 0 Å². The Labute approximate surface area is 112 Å². The molecule has 0 aromatic carbocycles. The van der Waals surface area contributed by atoms with Crippen molar-refractivity contribution in [3.63, 3.8) is 0 Å². The standard InChI is InChI=1S/C15H30N2O/c1-4-17(10-14-6-5-9-18-14)12-15(2,3)11-16-13-7-8-13/h13-14,16H,4-12H2,1-3H3. The Morgan fingerprint density at radius 3 is 2.61 bits per heavy atom. The number of rotatable bonds is 8. The van der Waals surface area contributed by atoms with Crippen molar-refractivity contribution in [1.82, 2.24) is 10.2 Å². The zero-order valence-corrected chi connectivity index (χ0v) is 12.4. The Morgan fingerprint density at radius 1 is 1.28 bits per heavy atom. The van der Waals surface area contributed by atoms with Crippen LogP contribution in [0.3, 0.4) is 0 Å². The third-order valence-electron chi connectivity index (χ3n) is 4.03. The van der Waals surface area contributed by atoms with E-state index in [0.29, 0.717) is 11.5 Å². The Bertz CT molecular complexity index is 245. The maximum Gasteiger partial charge on any atom is 0.0702 e. The molecule has 1 unspecified atom stereocenters. The van der Waals surface area contributed by atoms with Crippen molar-refractivity contribution in [3.8, 4) is 0 Å². The maximum absolute atomic E-state index is 5.75. The van der Waals surface area contributed by atoms with E-state index in [-0.39, 0.29) is 0 Å². The molecule has 2 aliphatic rings. The number of ether oxygens (including phenoxy) is 1. The normalized spacial score (nSPS) is 25.0. The van der Waals surface area contributed by atoms with Crippen LogP contribution >= 0.6 is 0 Å². The monoisotopic (exact) mass is 254 g/mol. The number of hydrogen-bond donors (Lipinski definition) is 1. The van der Waals surface area contributed by atoms with E-state index in [2.05, 4.69) is 31.0 Å². The molecule has 1 aliphatic heterocycles. The van der Waals surface area contributed by atoms with E-state index in [4.69, 9.17) is 4.74 Å². The summed E-state index contributed by atoms with van der Waals surface area (Å²) in [5.41, 5.74) is 0.358. The molecule has 3 heteroatoms. The number of nitrogens with zero attached hydrogens (tertiary/aromatic N) is 1. The van der Waals surface area contributed by atoms with Gasteiger partial charge in [0, 0.05) is 32.3 Å². The van der Waals surface area contributed by atoms with Crippen molar-refractivity contribution >= 4 is 0 Å². The Kier molecular flexibility index (Phi) is 5.05. The Morgan fingerprint density at radius 2 is 2.06 bits per heavy atom. The second-order valence-electron chi connectivity index (χ2n) is 6.78. The van der Waals surface area contributed by atoms with Crippen LogP contribution in [0.25, 0.3) is 0 Å². The van der Waals surface area contributed by atoms with E-state index in [9.17, 15) is 0 Å². The maximum atomic E-state index is 5.75. The molecule has 1 saturated carbocycles. The molecule has 2 rings (SSSR count). The fourth-order valence-corrected chi connectivity index (χ4v) is 2.75. The van der Waals surface area contributed by atoms with E-state index in [1.807, 2.05) is 0 Å². The lowest BCUT2D eigenvalue weighted by Crippen LogP contribution is -2.43. The van der Waals surface area contributed by atoms with Gasteiger partial charge in [-0.25, -0.2) is 0 Å². The van der Waals surface area contributed by atoms with E-state index in [0.717, 1.165) is 32.3 Å². The van der Waals surface area contributed by atoms with E-state index in [1.54, 1.807) is 0 Å². The SMILES string of the molecule is CCN(CC1CCCO1)CC(C)(C)CNC1CC1. The van der Waals surface area contributed by atoms with Crippen molar-refractivity contribution in [3.05, 3.63) is 0 Å². The highest BCUT2D eigenvalue weighted by Crippen LogP contribution is 2.23. The molecule has 0 bridgehead atoms. The van der Waals surface area contributed by atoms with Crippen molar-refractivity contribution < 1.29 is 4.74 Å². The summed E-state index contributed by atoms with van der Waals surface area (Å²) in [5, 5.41) is 3.66. The van der Waals surface area contributed by atoms with E-state index in [1.165, 1.54) is 32.2 Å². The zero-order valence-electron chi connectivity index (χ0n) is 12.4. The van der Waals surface area contributed by atoms with Gasteiger partial charge in [-0.1, -0.05) is 20.8 Å². The molecular formula is C15H30N2O. The van der Waals surface area contributed by atoms with Crippen LogP contribution < -0.4 is 5.32 Å². The largest absolute Gasteiger partial charge is 0.377 e. The lowest BCUT2D eigenvalue weighted by molar-refractivity contribution is 0.0611. The summed E-state index contributed by atoms with van der Waals surface area (Å²) in [6, 6.07) is 0.817. The molecule has 0 aromatic heterocycles. The second kappa shape index (κ2) is 6.36. The average Bonchev–Trinajstić information content (AvgIpc) is 3.03. The van der Waals surface area contributed by atoms with Gasteiger partial charge in [-0.3, -0.25) is 0 Å². The minimum absolute atomic E-state index is 0.358. The molecule has 18 heavy (non-hydrogen) atoms. The molecule has 2 fully saturated rings. The fraction of sp³-hybridized carbons (Fsp3) is 1.00. The molecule has 106 valence electrons. The van der Waals surface area contributed by atoms with Gasteiger partial charge in [0.1, 0.15) is 0 Å². The molecule has 1 aliphatic carbocycles. The molecule has 0 radical (unpaired) electrons. The van der Waals surface area contributed by atoms with Gasteiger partial charge in [0.15, 0.2) is 0 Å². The van der Waals surface area contributed by atoms with Gasteiger partial charge in [0.2, 0.25) is 0 Å². The second-order valence-corrected chi connectivity index (χ2v) is 6.78. The fourth-order valence-electron chi connectivity index (χ4n) is 2.75. The van der Waals surface area contributed by atoms with Crippen molar-refractivity contribution in [2.45, 2.75) is 58.6 Å². The predicted octanol–water partition coefficient (Wildman–Crippen LogP) is 2.27. The molecule has 1 saturated heterocycles. The quantitative estimate of drug-likeness (QED) is 0.719. The van der Waals surface area contributed by atoms with Gasteiger partial charge >= 0.3 is 0 Å².